The van der Waals surface area contributed by atoms with Crippen molar-refractivity contribution in [1.29, 1.82) is 0 Å². The van der Waals surface area contributed by atoms with E-state index >= 15 is 0 Å². The lowest BCUT2D eigenvalue weighted by molar-refractivity contribution is 0.0376. The molecule has 7 nitrogen and oxygen atoms in total. The third kappa shape index (κ3) is 6.64. The molecule has 19 heavy (non-hydrogen) atoms. The minimum atomic E-state index is -3.41. The lowest BCUT2D eigenvalue weighted by Crippen LogP contribution is -2.41. The summed E-state index contributed by atoms with van der Waals surface area (Å²) in [5, 5.41) is 8.68. The highest BCUT2D eigenvalue weighted by molar-refractivity contribution is 7.87. The van der Waals surface area contributed by atoms with Gasteiger partial charge in [-0.1, -0.05) is 0 Å². The quantitative estimate of drug-likeness (QED) is 0.525. The Labute approximate surface area is 115 Å². The average Bonchev–Trinajstić information content (AvgIpc) is 2.42. The smallest absolute Gasteiger partial charge is 0.279 e. The van der Waals surface area contributed by atoms with E-state index in [0.29, 0.717) is 19.5 Å². The Balaban J connectivity index is 2.16. The standard InChI is InChI=1S/C11H25N3O4S/c1-13(5-3-9-15)19(16,17)12-4-2-6-14-7-10-18-11-8-14/h12,15H,2-11H2,1H3. The van der Waals surface area contributed by atoms with Gasteiger partial charge in [0, 0.05) is 39.8 Å². The molecule has 1 saturated heterocycles. The average molecular weight is 295 g/mol. The molecule has 0 aliphatic carbocycles. The molecule has 0 aromatic rings. The van der Waals surface area contributed by atoms with E-state index in [0.717, 1.165) is 39.3 Å². The monoisotopic (exact) mass is 295 g/mol. The molecule has 1 heterocycles. The molecule has 0 radical (unpaired) electrons. The molecule has 0 unspecified atom stereocenters. The van der Waals surface area contributed by atoms with E-state index in [9.17, 15) is 8.42 Å². The molecule has 8 heteroatoms. The first-order valence-electron chi connectivity index (χ1n) is 6.68. The van der Waals surface area contributed by atoms with Crippen LogP contribution in [0.4, 0.5) is 0 Å². The summed E-state index contributed by atoms with van der Waals surface area (Å²) >= 11 is 0. The zero-order valence-electron chi connectivity index (χ0n) is 11.5. The van der Waals surface area contributed by atoms with Crippen LogP contribution in [0.25, 0.3) is 0 Å². The van der Waals surface area contributed by atoms with Gasteiger partial charge in [0.1, 0.15) is 0 Å². The summed E-state index contributed by atoms with van der Waals surface area (Å²) in [5.74, 6) is 0. The van der Waals surface area contributed by atoms with Crippen LogP contribution in [0.1, 0.15) is 12.8 Å². The fourth-order valence-corrected chi connectivity index (χ4v) is 2.84. The van der Waals surface area contributed by atoms with E-state index in [2.05, 4.69) is 9.62 Å². The number of aliphatic hydroxyl groups is 1. The maximum atomic E-state index is 11.8. The van der Waals surface area contributed by atoms with Crippen LogP contribution >= 0.6 is 0 Å². The lowest BCUT2D eigenvalue weighted by atomic mass is 10.3. The van der Waals surface area contributed by atoms with Crippen molar-refractivity contribution in [3.05, 3.63) is 0 Å². The molecule has 0 atom stereocenters. The summed E-state index contributed by atoms with van der Waals surface area (Å²) in [6.45, 7) is 5.00. The zero-order valence-corrected chi connectivity index (χ0v) is 12.4. The van der Waals surface area contributed by atoms with Crippen LogP contribution in [0, 0.1) is 0 Å². The van der Waals surface area contributed by atoms with Gasteiger partial charge in [-0.05, 0) is 19.4 Å². The van der Waals surface area contributed by atoms with Gasteiger partial charge in [-0.15, -0.1) is 0 Å². The Morgan fingerprint density at radius 3 is 2.63 bits per heavy atom. The molecule has 2 N–H and O–H groups in total. The summed E-state index contributed by atoms with van der Waals surface area (Å²) in [4.78, 5) is 2.27. The first kappa shape index (κ1) is 16.8. The maximum absolute atomic E-state index is 11.8. The molecule has 1 fully saturated rings. The molecule has 114 valence electrons. The summed E-state index contributed by atoms with van der Waals surface area (Å²) in [7, 11) is -1.89. The first-order chi connectivity index (χ1) is 9.06. The number of ether oxygens (including phenoxy) is 1. The molecule has 0 aromatic heterocycles. The highest BCUT2D eigenvalue weighted by Gasteiger charge is 2.16. The van der Waals surface area contributed by atoms with Gasteiger partial charge in [0.15, 0.2) is 0 Å². The second-order valence-corrected chi connectivity index (χ2v) is 6.47. The minimum Gasteiger partial charge on any atom is -0.396 e. The highest BCUT2D eigenvalue weighted by Crippen LogP contribution is 1.99. The van der Waals surface area contributed by atoms with Crippen molar-refractivity contribution >= 4 is 10.2 Å². The van der Waals surface area contributed by atoms with E-state index in [1.54, 1.807) is 0 Å². The zero-order chi connectivity index (χ0) is 14.1. The van der Waals surface area contributed by atoms with Gasteiger partial charge in [-0.25, -0.2) is 4.72 Å². The molecule has 1 aliphatic rings. The van der Waals surface area contributed by atoms with Crippen LogP contribution in [-0.4, -0.2) is 82.3 Å². The largest absolute Gasteiger partial charge is 0.396 e. The number of rotatable bonds is 9. The summed E-state index contributed by atoms with van der Waals surface area (Å²) < 4.78 is 32.6. The second-order valence-electron chi connectivity index (χ2n) is 4.61. The first-order valence-corrected chi connectivity index (χ1v) is 8.12. The van der Waals surface area contributed by atoms with Crippen LogP contribution in [0.15, 0.2) is 0 Å². The third-order valence-corrected chi connectivity index (χ3v) is 4.65. The van der Waals surface area contributed by atoms with Crippen LogP contribution in [0.3, 0.4) is 0 Å². The fraction of sp³-hybridized carbons (Fsp3) is 1.00. The molecule has 0 spiro atoms. The van der Waals surface area contributed by atoms with Crippen molar-refractivity contribution in [2.24, 2.45) is 0 Å². The number of morpholine rings is 1. The summed E-state index contributed by atoms with van der Waals surface area (Å²) in [6, 6.07) is 0. The van der Waals surface area contributed by atoms with Gasteiger partial charge in [-0.2, -0.15) is 12.7 Å². The lowest BCUT2D eigenvalue weighted by Gasteiger charge is -2.26. The van der Waals surface area contributed by atoms with Crippen molar-refractivity contribution in [1.82, 2.24) is 13.9 Å². The van der Waals surface area contributed by atoms with Crippen LogP contribution < -0.4 is 4.72 Å². The minimum absolute atomic E-state index is 0.00308. The Hall–Kier alpha value is -0.250. The van der Waals surface area contributed by atoms with Gasteiger partial charge in [0.25, 0.3) is 10.2 Å². The topological polar surface area (TPSA) is 82.1 Å². The van der Waals surface area contributed by atoms with Crippen molar-refractivity contribution in [3.8, 4) is 0 Å². The van der Waals surface area contributed by atoms with Crippen LogP contribution in [-0.2, 0) is 14.9 Å². The van der Waals surface area contributed by atoms with Crippen LogP contribution in [0.2, 0.25) is 0 Å². The number of hydrogen-bond acceptors (Lipinski definition) is 5. The van der Waals surface area contributed by atoms with E-state index in [1.165, 1.54) is 11.4 Å². The van der Waals surface area contributed by atoms with Crippen molar-refractivity contribution < 1.29 is 18.3 Å². The van der Waals surface area contributed by atoms with Gasteiger partial charge < -0.3 is 9.84 Å². The van der Waals surface area contributed by atoms with Gasteiger partial charge in [0.2, 0.25) is 0 Å². The highest BCUT2D eigenvalue weighted by atomic mass is 32.2. The number of hydrogen-bond donors (Lipinski definition) is 2. The van der Waals surface area contributed by atoms with Crippen molar-refractivity contribution in [2.75, 3.05) is 59.6 Å². The molecule has 1 rings (SSSR count). The summed E-state index contributed by atoms with van der Waals surface area (Å²) in [5.41, 5.74) is 0. The van der Waals surface area contributed by atoms with Crippen molar-refractivity contribution in [2.45, 2.75) is 12.8 Å². The molecule has 1 aliphatic heterocycles. The van der Waals surface area contributed by atoms with Crippen molar-refractivity contribution in [3.63, 3.8) is 0 Å². The predicted molar refractivity (Wildman–Crippen MR) is 73.1 cm³/mol. The number of nitrogens with one attached hydrogen (secondary N) is 1. The van der Waals surface area contributed by atoms with E-state index in [1.807, 2.05) is 0 Å². The molecule has 0 amide bonds. The van der Waals surface area contributed by atoms with Crippen LogP contribution in [0.5, 0.6) is 0 Å². The van der Waals surface area contributed by atoms with E-state index in [-0.39, 0.29) is 6.61 Å². The molecule has 0 aromatic carbocycles. The number of nitrogens with zero attached hydrogens (tertiary/aromatic N) is 2. The molecule has 0 saturated carbocycles. The summed E-state index contributed by atoms with van der Waals surface area (Å²) in [6.07, 6.45) is 1.23. The predicted octanol–water partition coefficient (Wildman–Crippen LogP) is -1.14. The third-order valence-electron chi connectivity index (χ3n) is 3.08. The Kier molecular flexibility index (Phi) is 7.81. The maximum Gasteiger partial charge on any atom is 0.279 e. The Morgan fingerprint density at radius 2 is 2.00 bits per heavy atom. The Bertz CT molecular complexity index is 331. The normalized spacial score (nSPS) is 18.1. The molecular formula is C11H25N3O4S. The fourth-order valence-electron chi connectivity index (χ4n) is 1.85. The van der Waals surface area contributed by atoms with E-state index < -0.39 is 10.2 Å². The SMILES string of the molecule is CN(CCCO)S(=O)(=O)NCCCN1CCOCC1. The molecule has 0 bridgehead atoms. The van der Waals surface area contributed by atoms with E-state index in [4.69, 9.17) is 9.84 Å². The van der Waals surface area contributed by atoms with Gasteiger partial charge in [0.05, 0.1) is 13.2 Å². The molecular weight excluding hydrogens is 270 g/mol. The Morgan fingerprint density at radius 1 is 1.32 bits per heavy atom. The second kappa shape index (κ2) is 8.83. The van der Waals surface area contributed by atoms with Gasteiger partial charge >= 0.3 is 0 Å². The van der Waals surface area contributed by atoms with Gasteiger partial charge in [-0.3, -0.25) is 4.90 Å². The number of aliphatic hydroxyl groups excluding tert-OH is 1.